The highest BCUT2D eigenvalue weighted by atomic mass is 19.3. The Morgan fingerprint density at radius 1 is 1.47 bits per heavy atom. The molecule has 0 unspecified atom stereocenters. The van der Waals surface area contributed by atoms with Gasteiger partial charge in [0, 0.05) is 12.4 Å². The Balaban J connectivity index is 2.61. The maximum absolute atomic E-state index is 13.8. The Hall–Kier alpha value is -1.98. The molecule has 0 aliphatic heterocycles. The summed E-state index contributed by atoms with van der Waals surface area (Å²) in [6, 6.07) is 6.42. The number of benzene rings is 1. The lowest BCUT2D eigenvalue weighted by Gasteiger charge is -2.14. The topological polar surface area (TPSA) is 55.1 Å². The summed E-state index contributed by atoms with van der Waals surface area (Å²) in [6.45, 7) is 0. The van der Waals surface area contributed by atoms with Crippen LogP contribution in [0.1, 0.15) is 12.1 Å². The minimum absolute atomic E-state index is 0.279. The number of aliphatic carboxylic acids is 1. The van der Waals surface area contributed by atoms with E-state index in [9.17, 15) is 13.6 Å². The molecule has 1 aromatic heterocycles. The van der Waals surface area contributed by atoms with Crippen LogP contribution in [0.2, 0.25) is 0 Å². The van der Waals surface area contributed by atoms with Crippen molar-refractivity contribution in [1.29, 1.82) is 0 Å². The Morgan fingerprint density at radius 2 is 2.12 bits per heavy atom. The summed E-state index contributed by atoms with van der Waals surface area (Å²) in [5, 5.41) is 12.7. The van der Waals surface area contributed by atoms with Crippen LogP contribution in [-0.2, 0) is 17.8 Å². The average molecular weight is 240 g/mol. The van der Waals surface area contributed by atoms with Gasteiger partial charge in [0.2, 0.25) is 0 Å². The van der Waals surface area contributed by atoms with Crippen LogP contribution >= 0.6 is 0 Å². The minimum Gasteiger partial charge on any atom is -0.481 e. The summed E-state index contributed by atoms with van der Waals surface area (Å²) in [5.74, 6) is -4.98. The summed E-state index contributed by atoms with van der Waals surface area (Å²) in [6.07, 6.45) is -1.24. The molecule has 2 rings (SSSR count). The van der Waals surface area contributed by atoms with Crippen LogP contribution in [0.5, 0.6) is 0 Å². The van der Waals surface area contributed by atoms with Gasteiger partial charge in [-0.2, -0.15) is 13.9 Å². The first kappa shape index (κ1) is 11.5. The fourth-order valence-electron chi connectivity index (χ4n) is 1.85. The third kappa shape index (κ3) is 1.98. The number of aromatic nitrogens is 2. The lowest BCUT2D eigenvalue weighted by Crippen LogP contribution is -2.22. The second-order valence-electron chi connectivity index (χ2n) is 3.76. The number of halogens is 2. The highest BCUT2D eigenvalue weighted by molar-refractivity contribution is 5.83. The molecule has 6 heteroatoms. The first-order valence-corrected chi connectivity index (χ1v) is 4.93. The van der Waals surface area contributed by atoms with E-state index in [1.54, 1.807) is 18.2 Å². The highest BCUT2D eigenvalue weighted by Crippen LogP contribution is 2.35. The molecule has 1 N–H and O–H groups in total. The van der Waals surface area contributed by atoms with Crippen molar-refractivity contribution in [3.63, 3.8) is 0 Å². The zero-order valence-corrected chi connectivity index (χ0v) is 9.02. The van der Waals surface area contributed by atoms with Crippen LogP contribution in [0.25, 0.3) is 10.9 Å². The van der Waals surface area contributed by atoms with Crippen molar-refractivity contribution in [3.05, 3.63) is 30.0 Å². The predicted molar refractivity (Wildman–Crippen MR) is 56.9 cm³/mol. The average Bonchev–Trinajstić information content (AvgIpc) is 2.51. The van der Waals surface area contributed by atoms with Gasteiger partial charge in [-0.25, -0.2) is 0 Å². The summed E-state index contributed by atoms with van der Waals surface area (Å²) >= 11 is 0. The molecule has 0 atom stereocenters. The van der Waals surface area contributed by atoms with Crippen LogP contribution in [0.4, 0.5) is 8.78 Å². The Kier molecular flexibility index (Phi) is 2.57. The number of aryl methyl sites for hydroxylation is 1. The van der Waals surface area contributed by atoms with Gasteiger partial charge in [0.15, 0.2) is 0 Å². The fourth-order valence-corrected chi connectivity index (χ4v) is 1.85. The number of nitrogens with zero attached hydrogens (tertiary/aromatic N) is 2. The predicted octanol–water partition coefficient (Wildman–Crippen LogP) is 2.14. The molecule has 0 spiro atoms. The number of carbonyl (C=O) groups is 1. The van der Waals surface area contributed by atoms with Gasteiger partial charge in [-0.3, -0.25) is 9.48 Å². The smallest absolute Gasteiger partial charge is 0.309 e. The van der Waals surface area contributed by atoms with Crippen molar-refractivity contribution in [2.75, 3.05) is 0 Å². The minimum atomic E-state index is -3.43. The number of carboxylic acid groups (broad SMARTS) is 1. The van der Waals surface area contributed by atoms with Gasteiger partial charge in [0.05, 0.1) is 5.52 Å². The van der Waals surface area contributed by atoms with Crippen molar-refractivity contribution < 1.29 is 18.7 Å². The normalized spacial score (nSPS) is 11.9. The molecule has 17 heavy (non-hydrogen) atoms. The van der Waals surface area contributed by atoms with Crippen LogP contribution < -0.4 is 0 Å². The molecule has 0 aliphatic rings. The largest absolute Gasteiger partial charge is 0.481 e. The summed E-state index contributed by atoms with van der Waals surface area (Å²) in [5.41, 5.74) is 0.0607. The molecule has 4 nitrogen and oxygen atoms in total. The molecule has 0 amide bonds. The third-order valence-electron chi connectivity index (χ3n) is 2.46. The van der Waals surface area contributed by atoms with Gasteiger partial charge in [-0.15, -0.1) is 0 Å². The molecule has 2 aromatic rings. The van der Waals surface area contributed by atoms with E-state index >= 15 is 0 Å². The van der Waals surface area contributed by atoms with E-state index in [4.69, 9.17) is 5.11 Å². The van der Waals surface area contributed by atoms with Crippen molar-refractivity contribution >= 4 is 16.9 Å². The van der Waals surface area contributed by atoms with Crippen molar-refractivity contribution in [3.8, 4) is 0 Å². The fraction of sp³-hybridized carbons (Fsp3) is 0.273. The van der Waals surface area contributed by atoms with Gasteiger partial charge in [0.1, 0.15) is 12.1 Å². The van der Waals surface area contributed by atoms with E-state index in [0.29, 0.717) is 5.52 Å². The molecule has 1 aromatic carbocycles. The Bertz CT molecular complexity index is 578. The van der Waals surface area contributed by atoms with E-state index in [1.807, 2.05) is 0 Å². The highest BCUT2D eigenvalue weighted by Gasteiger charge is 2.39. The lowest BCUT2D eigenvalue weighted by atomic mass is 10.1. The van der Waals surface area contributed by atoms with E-state index in [-0.39, 0.29) is 11.1 Å². The quantitative estimate of drug-likeness (QED) is 0.894. The SMILES string of the molecule is Cn1nc2ccccc2c1C(F)(F)CC(=O)O. The monoisotopic (exact) mass is 240 g/mol. The molecule has 0 radical (unpaired) electrons. The van der Waals surface area contributed by atoms with Crippen molar-refractivity contribution in [2.45, 2.75) is 12.3 Å². The number of alkyl halides is 2. The second-order valence-corrected chi connectivity index (χ2v) is 3.76. The molecule has 0 bridgehead atoms. The summed E-state index contributed by atoms with van der Waals surface area (Å²) in [4.78, 5) is 10.4. The molecular weight excluding hydrogens is 230 g/mol. The van der Waals surface area contributed by atoms with Gasteiger partial charge < -0.3 is 5.11 Å². The maximum Gasteiger partial charge on any atom is 0.309 e. The summed E-state index contributed by atoms with van der Waals surface area (Å²) in [7, 11) is 1.38. The number of carboxylic acids is 1. The van der Waals surface area contributed by atoms with Crippen LogP contribution in [0.15, 0.2) is 24.3 Å². The Labute approximate surface area is 95.5 Å². The zero-order valence-electron chi connectivity index (χ0n) is 9.02. The van der Waals surface area contributed by atoms with Gasteiger partial charge >= 0.3 is 5.97 Å². The number of hydrogen-bond acceptors (Lipinski definition) is 2. The van der Waals surface area contributed by atoms with Gasteiger partial charge in [-0.1, -0.05) is 18.2 Å². The van der Waals surface area contributed by atoms with Crippen LogP contribution in [0.3, 0.4) is 0 Å². The molecule has 0 aliphatic carbocycles. The molecule has 1 heterocycles. The zero-order chi connectivity index (χ0) is 12.6. The second kappa shape index (κ2) is 3.80. The number of rotatable bonds is 3. The van der Waals surface area contributed by atoms with E-state index in [0.717, 1.165) is 4.68 Å². The Morgan fingerprint density at radius 3 is 2.76 bits per heavy atom. The maximum atomic E-state index is 13.8. The molecule has 90 valence electrons. The van der Waals surface area contributed by atoms with E-state index < -0.39 is 18.3 Å². The van der Waals surface area contributed by atoms with Gasteiger partial charge in [0.25, 0.3) is 5.92 Å². The number of fused-ring (bicyclic) bond motifs is 1. The standard InChI is InChI=1S/C11H10F2N2O2/c1-15-10(11(12,13)6-9(16)17)7-4-2-3-5-8(7)14-15/h2-5H,6H2,1H3,(H,16,17). The van der Waals surface area contributed by atoms with E-state index in [2.05, 4.69) is 5.10 Å². The van der Waals surface area contributed by atoms with E-state index in [1.165, 1.54) is 13.1 Å². The van der Waals surface area contributed by atoms with Crippen molar-refractivity contribution in [1.82, 2.24) is 9.78 Å². The summed E-state index contributed by atoms with van der Waals surface area (Å²) < 4.78 is 28.6. The molecular formula is C11H10F2N2O2. The first-order chi connectivity index (χ1) is 7.92. The molecule has 0 saturated heterocycles. The van der Waals surface area contributed by atoms with Gasteiger partial charge in [-0.05, 0) is 6.07 Å². The lowest BCUT2D eigenvalue weighted by molar-refractivity contribution is -0.145. The number of hydrogen-bond donors (Lipinski definition) is 1. The molecule has 0 fully saturated rings. The van der Waals surface area contributed by atoms with Crippen LogP contribution in [0, 0.1) is 0 Å². The first-order valence-electron chi connectivity index (χ1n) is 4.93. The molecule has 0 saturated carbocycles. The van der Waals surface area contributed by atoms with Crippen LogP contribution in [-0.4, -0.2) is 20.9 Å². The van der Waals surface area contributed by atoms with Crippen molar-refractivity contribution in [2.24, 2.45) is 7.05 Å². The third-order valence-corrected chi connectivity index (χ3v) is 2.46.